The molecule has 1 fully saturated rings. The summed E-state index contributed by atoms with van der Waals surface area (Å²) >= 11 is 0. The van der Waals surface area contributed by atoms with Crippen LogP contribution in [0.25, 0.3) is 0 Å². The summed E-state index contributed by atoms with van der Waals surface area (Å²) in [5, 5.41) is 3.10. The van der Waals surface area contributed by atoms with E-state index in [9.17, 15) is 4.79 Å². The molecule has 1 N–H and O–H groups in total. The van der Waals surface area contributed by atoms with E-state index in [4.69, 9.17) is 0 Å². The van der Waals surface area contributed by atoms with Crippen LogP contribution in [0, 0.1) is 5.92 Å². The molecular formula is C15H21NO. The van der Waals surface area contributed by atoms with Crippen LogP contribution in [0.5, 0.6) is 0 Å². The maximum Gasteiger partial charge on any atom is 0.222 e. The minimum absolute atomic E-state index is 0.126. The Balaban J connectivity index is 1.94. The minimum Gasteiger partial charge on any atom is -0.355 e. The molecule has 1 aliphatic carbocycles. The summed E-state index contributed by atoms with van der Waals surface area (Å²) < 4.78 is 0. The standard InChI is InChI=1S/C15H21NO/c1-3-12(2)14(17)16-11-15(9-10-15)13-7-5-4-6-8-13/h4-8,12H,3,9-11H2,1-2H3,(H,16,17). The molecule has 1 atom stereocenters. The summed E-state index contributed by atoms with van der Waals surface area (Å²) in [6.07, 6.45) is 3.29. The Kier molecular flexibility index (Phi) is 3.51. The molecule has 1 aromatic carbocycles. The third kappa shape index (κ3) is 2.68. The zero-order chi connectivity index (χ0) is 12.3. The van der Waals surface area contributed by atoms with Crippen molar-refractivity contribution in [3.63, 3.8) is 0 Å². The molecule has 0 aliphatic heterocycles. The van der Waals surface area contributed by atoms with Gasteiger partial charge in [0.05, 0.1) is 0 Å². The van der Waals surface area contributed by atoms with Crippen LogP contribution in [0.1, 0.15) is 38.7 Å². The Morgan fingerprint density at radius 3 is 2.53 bits per heavy atom. The second-order valence-corrected chi connectivity index (χ2v) is 5.17. The number of hydrogen-bond donors (Lipinski definition) is 1. The maximum atomic E-state index is 11.8. The van der Waals surface area contributed by atoms with Crippen LogP contribution >= 0.6 is 0 Å². The molecule has 0 bridgehead atoms. The van der Waals surface area contributed by atoms with E-state index in [1.54, 1.807) is 0 Å². The zero-order valence-electron chi connectivity index (χ0n) is 10.7. The van der Waals surface area contributed by atoms with Crippen molar-refractivity contribution in [2.75, 3.05) is 6.54 Å². The van der Waals surface area contributed by atoms with Gasteiger partial charge in [-0.1, -0.05) is 44.2 Å². The minimum atomic E-state index is 0.126. The quantitative estimate of drug-likeness (QED) is 0.829. The predicted molar refractivity (Wildman–Crippen MR) is 69.8 cm³/mol. The van der Waals surface area contributed by atoms with Crippen molar-refractivity contribution in [3.05, 3.63) is 35.9 Å². The molecule has 0 heterocycles. The van der Waals surface area contributed by atoms with Crippen LogP contribution < -0.4 is 5.32 Å². The fourth-order valence-electron chi connectivity index (χ4n) is 2.13. The lowest BCUT2D eigenvalue weighted by Crippen LogP contribution is -2.35. The molecule has 92 valence electrons. The van der Waals surface area contributed by atoms with Crippen molar-refractivity contribution in [3.8, 4) is 0 Å². The molecule has 1 aromatic rings. The summed E-state index contributed by atoms with van der Waals surface area (Å²) in [6.45, 7) is 4.83. The van der Waals surface area contributed by atoms with Crippen molar-refractivity contribution in [1.82, 2.24) is 5.32 Å². The van der Waals surface area contributed by atoms with E-state index in [0.29, 0.717) is 0 Å². The first-order valence-electron chi connectivity index (χ1n) is 6.51. The van der Waals surface area contributed by atoms with E-state index in [2.05, 4.69) is 29.6 Å². The number of rotatable bonds is 5. The van der Waals surface area contributed by atoms with Crippen molar-refractivity contribution in [2.45, 2.75) is 38.5 Å². The summed E-state index contributed by atoms with van der Waals surface area (Å²) in [5.41, 5.74) is 1.59. The maximum absolute atomic E-state index is 11.8. The van der Waals surface area contributed by atoms with E-state index in [-0.39, 0.29) is 17.2 Å². The number of nitrogens with one attached hydrogen (secondary N) is 1. The van der Waals surface area contributed by atoms with Crippen molar-refractivity contribution in [2.24, 2.45) is 5.92 Å². The SMILES string of the molecule is CCC(C)C(=O)NCC1(c2ccccc2)CC1. The van der Waals surface area contributed by atoms with Crippen LogP contribution in [0.15, 0.2) is 30.3 Å². The normalized spacial score (nSPS) is 18.5. The van der Waals surface area contributed by atoms with Gasteiger partial charge in [-0.2, -0.15) is 0 Å². The van der Waals surface area contributed by atoms with Gasteiger partial charge < -0.3 is 5.32 Å². The Hall–Kier alpha value is -1.31. The fraction of sp³-hybridized carbons (Fsp3) is 0.533. The van der Waals surface area contributed by atoms with E-state index >= 15 is 0 Å². The van der Waals surface area contributed by atoms with Gasteiger partial charge >= 0.3 is 0 Å². The van der Waals surface area contributed by atoms with Gasteiger partial charge in [-0.15, -0.1) is 0 Å². The van der Waals surface area contributed by atoms with Gasteiger partial charge in [-0.05, 0) is 24.8 Å². The van der Waals surface area contributed by atoms with Crippen molar-refractivity contribution < 1.29 is 4.79 Å². The highest BCUT2D eigenvalue weighted by molar-refractivity contribution is 5.78. The summed E-state index contributed by atoms with van der Waals surface area (Å²) in [4.78, 5) is 11.8. The lowest BCUT2D eigenvalue weighted by atomic mass is 9.95. The second kappa shape index (κ2) is 4.91. The second-order valence-electron chi connectivity index (χ2n) is 5.17. The van der Waals surface area contributed by atoms with E-state index in [1.165, 1.54) is 18.4 Å². The van der Waals surface area contributed by atoms with Gasteiger partial charge in [-0.25, -0.2) is 0 Å². The zero-order valence-corrected chi connectivity index (χ0v) is 10.7. The number of carbonyl (C=O) groups is 1. The fourth-order valence-corrected chi connectivity index (χ4v) is 2.13. The van der Waals surface area contributed by atoms with Crippen LogP contribution in [-0.4, -0.2) is 12.5 Å². The topological polar surface area (TPSA) is 29.1 Å². The van der Waals surface area contributed by atoms with Gasteiger partial charge in [0, 0.05) is 17.9 Å². The van der Waals surface area contributed by atoms with Gasteiger partial charge in [0.15, 0.2) is 0 Å². The molecule has 1 saturated carbocycles. The molecule has 0 saturated heterocycles. The van der Waals surface area contributed by atoms with Crippen LogP contribution in [0.3, 0.4) is 0 Å². The molecule has 0 spiro atoms. The third-order valence-corrected chi connectivity index (χ3v) is 3.90. The Bertz CT molecular complexity index is 381. The highest BCUT2D eigenvalue weighted by atomic mass is 16.1. The van der Waals surface area contributed by atoms with Crippen molar-refractivity contribution >= 4 is 5.91 Å². The molecular weight excluding hydrogens is 210 g/mol. The number of hydrogen-bond acceptors (Lipinski definition) is 1. The average molecular weight is 231 g/mol. The lowest BCUT2D eigenvalue weighted by Gasteiger charge is -2.18. The van der Waals surface area contributed by atoms with Crippen molar-refractivity contribution in [1.29, 1.82) is 0 Å². The van der Waals surface area contributed by atoms with Gasteiger partial charge in [0.1, 0.15) is 0 Å². The molecule has 2 nitrogen and oxygen atoms in total. The lowest BCUT2D eigenvalue weighted by molar-refractivity contribution is -0.124. The molecule has 17 heavy (non-hydrogen) atoms. The van der Waals surface area contributed by atoms with E-state index in [0.717, 1.165) is 13.0 Å². The first-order valence-corrected chi connectivity index (χ1v) is 6.51. The van der Waals surface area contributed by atoms with Gasteiger partial charge in [-0.3, -0.25) is 4.79 Å². The highest BCUT2D eigenvalue weighted by Crippen LogP contribution is 2.47. The first-order chi connectivity index (χ1) is 8.18. The largest absolute Gasteiger partial charge is 0.355 e. The van der Waals surface area contributed by atoms with Crippen LogP contribution in [0.4, 0.5) is 0 Å². The summed E-state index contributed by atoms with van der Waals surface area (Å²) in [7, 11) is 0. The molecule has 0 aromatic heterocycles. The average Bonchev–Trinajstić information content (AvgIpc) is 3.17. The number of benzene rings is 1. The Morgan fingerprint density at radius 1 is 1.35 bits per heavy atom. The Labute approximate surface area is 103 Å². The summed E-state index contributed by atoms with van der Waals surface area (Å²) in [5.74, 6) is 0.316. The third-order valence-electron chi connectivity index (χ3n) is 3.90. The smallest absolute Gasteiger partial charge is 0.222 e. The van der Waals surface area contributed by atoms with E-state index in [1.807, 2.05) is 19.9 Å². The van der Waals surface area contributed by atoms with Crippen LogP contribution in [0.2, 0.25) is 0 Å². The predicted octanol–water partition coefficient (Wildman–Crippen LogP) is 2.88. The van der Waals surface area contributed by atoms with Crippen LogP contribution in [-0.2, 0) is 10.2 Å². The monoisotopic (exact) mass is 231 g/mol. The number of amides is 1. The molecule has 0 radical (unpaired) electrons. The molecule has 1 amide bonds. The number of carbonyl (C=O) groups excluding carboxylic acids is 1. The van der Waals surface area contributed by atoms with Gasteiger partial charge in [0.2, 0.25) is 5.91 Å². The Morgan fingerprint density at radius 2 is 2.00 bits per heavy atom. The first kappa shape index (κ1) is 12.2. The highest BCUT2D eigenvalue weighted by Gasteiger charge is 2.44. The molecule has 2 rings (SSSR count). The molecule has 1 unspecified atom stereocenters. The van der Waals surface area contributed by atoms with E-state index < -0.39 is 0 Å². The molecule has 1 aliphatic rings. The van der Waals surface area contributed by atoms with Gasteiger partial charge in [0.25, 0.3) is 0 Å². The molecule has 2 heteroatoms. The summed E-state index contributed by atoms with van der Waals surface area (Å²) in [6, 6.07) is 10.5.